The van der Waals surface area contributed by atoms with Gasteiger partial charge in [0.05, 0.1) is 0 Å². The van der Waals surface area contributed by atoms with Crippen molar-refractivity contribution >= 4 is 0 Å². The number of aromatic hydroxyl groups is 1. The number of phenols is 1. The lowest BCUT2D eigenvalue weighted by molar-refractivity contribution is 0.143. The van der Waals surface area contributed by atoms with E-state index in [1.54, 1.807) is 6.07 Å². The van der Waals surface area contributed by atoms with Gasteiger partial charge in [0.1, 0.15) is 5.75 Å². The minimum atomic E-state index is 0.200. The SMILES string of the molecule is CCC(C)(C)N(C)Cc1cccc(O)c1. The molecule has 0 aliphatic rings. The van der Waals surface area contributed by atoms with Gasteiger partial charge in [-0.3, -0.25) is 4.90 Å². The Morgan fingerprint density at radius 1 is 1.33 bits per heavy atom. The van der Waals surface area contributed by atoms with E-state index in [9.17, 15) is 5.11 Å². The molecular weight excluding hydrogens is 186 g/mol. The first kappa shape index (κ1) is 12.1. The van der Waals surface area contributed by atoms with Gasteiger partial charge in [0.15, 0.2) is 0 Å². The number of benzene rings is 1. The van der Waals surface area contributed by atoms with Crippen molar-refractivity contribution in [3.8, 4) is 5.75 Å². The summed E-state index contributed by atoms with van der Waals surface area (Å²) in [6.07, 6.45) is 1.11. The lowest BCUT2D eigenvalue weighted by Gasteiger charge is -2.34. The molecule has 0 saturated heterocycles. The lowest BCUT2D eigenvalue weighted by Crippen LogP contribution is -2.39. The fourth-order valence-corrected chi connectivity index (χ4v) is 1.41. The fourth-order valence-electron chi connectivity index (χ4n) is 1.41. The molecule has 1 N–H and O–H groups in total. The number of hydrogen-bond donors (Lipinski definition) is 1. The molecule has 0 amide bonds. The summed E-state index contributed by atoms with van der Waals surface area (Å²) in [7, 11) is 2.12. The molecule has 0 heterocycles. The van der Waals surface area contributed by atoms with E-state index in [0.29, 0.717) is 5.75 Å². The summed E-state index contributed by atoms with van der Waals surface area (Å²) < 4.78 is 0. The molecule has 0 radical (unpaired) electrons. The van der Waals surface area contributed by atoms with Crippen LogP contribution in [0.25, 0.3) is 0 Å². The molecule has 0 atom stereocenters. The molecule has 84 valence electrons. The zero-order valence-electron chi connectivity index (χ0n) is 10.1. The first-order valence-electron chi connectivity index (χ1n) is 5.45. The zero-order valence-corrected chi connectivity index (χ0v) is 10.1. The van der Waals surface area contributed by atoms with Crippen molar-refractivity contribution in [2.75, 3.05) is 7.05 Å². The largest absolute Gasteiger partial charge is 0.508 e. The van der Waals surface area contributed by atoms with E-state index in [1.165, 1.54) is 0 Å². The highest BCUT2D eigenvalue weighted by Gasteiger charge is 2.20. The van der Waals surface area contributed by atoms with Crippen molar-refractivity contribution in [2.45, 2.75) is 39.3 Å². The van der Waals surface area contributed by atoms with Gasteiger partial charge in [-0.2, -0.15) is 0 Å². The molecular formula is C13H21NO. The molecule has 0 saturated carbocycles. The van der Waals surface area contributed by atoms with Gasteiger partial charge in [-0.05, 0) is 45.0 Å². The van der Waals surface area contributed by atoms with Gasteiger partial charge in [-0.25, -0.2) is 0 Å². The molecule has 2 heteroatoms. The third-order valence-electron chi connectivity index (χ3n) is 3.23. The predicted molar refractivity (Wildman–Crippen MR) is 63.9 cm³/mol. The molecule has 0 aromatic heterocycles. The van der Waals surface area contributed by atoms with Crippen molar-refractivity contribution in [2.24, 2.45) is 0 Å². The summed E-state index contributed by atoms with van der Waals surface area (Å²) in [6, 6.07) is 7.45. The van der Waals surface area contributed by atoms with Gasteiger partial charge < -0.3 is 5.11 Å². The van der Waals surface area contributed by atoms with Crippen LogP contribution in [0.2, 0.25) is 0 Å². The Hall–Kier alpha value is -1.02. The van der Waals surface area contributed by atoms with E-state index in [1.807, 2.05) is 18.2 Å². The first-order valence-corrected chi connectivity index (χ1v) is 5.45. The molecule has 1 rings (SSSR count). The molecule has 1 aromatic carbocycles. The summed E-state index contributed by atoms with van der Waals surface area (Å²) in [4.78, 5) is 2.31. The Kier molecular flexibility index (Phi) is 3.75. The Labute approximate surface area is 92.5 Å². The normalized spacial score (nSPS) is 12.1. The molecule has 2 nitrogen and oxygen atoms in total. The number of phenolic OH excluding ortho intramolecular Hbond substituents is 1. The second kappa shape index (κ2) is 4.67. The Bertz CT molecular complexity index is 320. The minimum absolute atomic E-state index is 0.200. The van der Waals surface area contributed by atoms with E-state index >= 15 is 0 Å². The molecule has 0 unspecified atom stereocenters. The van der Waals surface area contributed by atoms with E-state index in [2.05, 4.69) is 32.7 Å². The Morgan fingerprint density at radius 3 is 2.53 bits per heavy atom. The molecule has 15 heavy (non-hydrogen) atoms. The van der Waals surface area contributed by atoms with Gasteiger partial charge in [0.25, 0.3) is 0 Å². The third-order valence-corrected chi connectivity index (χ3v) is 3.23. The second-order valence-electron chi connectivity index (χ2n) is 4.69. The molecule has 0 aliphatic carbocycles. The van der Waals surface area contributed by atoms with Crippen LogP contribution in [0.1, 0.15) is 32.8 Å². The van der Waals surface area contributed by atoms with Crippen LogP contribution in [0.5, 0.6) is 5.75 Å². The van der Waals surface area contributed by atoms with Crippen LogP contribution in [0.4, 0.5) is 0 Å². The Morgan fingerprint density at radius 2 is 2.00 bits per heavy atom. The maximum absolute atomic E-state index is 9.37. The van der Waals surface area contributed by atoms with Crippen molar-refractivity contribution in [3.63, 3.8) is 0 Å². The molecule has 0 aliphatic heterocycles. The molecule has 0 fully saturated rings. The number of rotatable bonds is 4. The maximum atomic E-state index is 9.37. The van der Waals surface area contributed by atoms with Crippen molar-refractivity contribution in [3.05, 3.63) is 29.8 Å². The van der Waals surface area contributed by atoms with Crippen LogP contribution < -0.4 is 0 Å². The summed E-state index contributed by atoms with van der Waals surface area (Å²) in [5.41, 5.74) is 1.35. The van der Waals surface area contributed by atoms with Crippen LogP contribution in [0.15, 0.2) is 24.3 Å². The first-order chi connectivity index (χ1) is 6.95. The van der Waals surface area contributed by atoms with Gasteiger partial charge >= 0.3 is 0 Å². The van der Waals surface area contributed by atoms with E-state index in [-0.39, 0.29) is 5.54 Å². The lowest BCUT2D eigenvalue weighted by atomic mass is 9.99. The average molecular weight is 207 g/mol. The maximum Gasteiger partial charge on any atom is 0.115 e. The van der Waals surface area contributed by atoms with Gasteiger partial charge in [-0.1, -0.05) is 19.1 Å². The van der Waals surface area contributed by atoms with Crippen LogP contribution >= 0.6 is 0 Å². The van der Waals surface area contributed by atoms with Gasteiger partial charge in [0, 0.05) is 12.1 Å². The zero-order chi connectivity index (χ0) is 11.5. The number of hydrogen-bond acceptors (Lipinski definition) is 2. The monoisotopic (exact) mass is 207 g/mol. The minimum Gasteiger partial charge on any atom is -0.508 e. The van der Waals surface area contributed by atoms with Gasteiger partial charge in [-0.15, -0.1) is 0 Å². The van der Waals surface area contributed by atoms with E-state index < -0.39 is 0 Å². The van der Waals surface area contributed by atoms with Crippen LogP contribution in [0.3, 0.4) is 0 Å². The van der Waals surface area contributed by atoms with Crippen LogP contribution in [-0.4, -0.2) is 22.6 Å². The summed E-state index contributed by atoms with van der Waals surface area (Å²) in [5, 5.41) is 9.37. The highest BCUT2D eigenvalue weighted by atomic mass is 16.3. The molecule has 0 spiro atoms. The summed E-state index contributed by atoms with van der Waals surface area (Å²) in [5.74, 6) is 0.343. The standard InChI is InChI=1S/C13H21NO/c1-5-13(2,3)14(4)10-11-7-6-8-12(15)9-11/h6-9,15H,5,10H2,1-4H3. The van der Waals surface area contributed by atoms with Crippen molar-refractivity contribution < 1.29 is 5.11 Å². The van der Waals surface area contributed by atoms with Crippen molar-refractivity contribution in [1.82, 2.24) is 4.90 Å². The van der Waals surface area contributed by atoms with E-state index in [4.69, 9.17) is 0 Å². The highest BCUT2D eigenvalue weighted by molar-refractivity contribution is 5.27. The summed E-state index contributed by atoms with van der Waals surface area (Å²) in [6.45, 7) is 7.53. The van der Waals surface area contributed by atoms with Gasteiger partial charge in [0.2, 0.25) is 0 Å². The third kappa shape index (κ3) is 3.24. The van der Waals surface area contributed by atoms with E-state index in [0.717, 1.165) is 18.5 Å². The second-order valence-corrected chi connectivity index (χ2v) is 4.69. The summed E-state index contributed by atoms with van der Waals surface area (Å²) >= 11 is 0. The quantitative estimate of drug-likeness (QED) is 0.820. The number of nitrogens with zero attached hydrogens (tertiary/aromatic N) is 1. The molecule has 1 aromatic rings. The predicted octanol–water partition coefficient (Wildman–Crippen LogP) is 3.01. The van der Waals surface area contributed by atoms with Crippen LogP contribution in [0, 0.1) is 0 Å². The van der Waals surface area contributed by atoms with Crippen LogP contribution in [-0.2, 0) is 6.54 Å². The Balaban J connectivity index is 2.70. The fraction of sp³-hybridized carbons (Fsp3) is 0.538. The van der Waals surface area contributed by atoms with Crippen molar-refractivity contribution in [1.29, 1.82) is 0 Å². The molecule has 0 bridgehead atoms. The average Bonchev–Trinajstić information content (AvgIpc) is 2.17. The highest BCUT2D eigenvalue weighted by Crippen LogP contribution is 2.20. The topological polar surface area (TPSA) is 23.5 Å². The smallest absolute Gasteiger partial charge is 0.115 e.